The van der Waals surface area contributed by atoms with Crippen LogP contribution in [0, 0.1) is 0 Å². The molecular formula is C36H29N3O3. The smallest absolute Gasteiger partial charge is 0.278 e. The zero-order chi connectivity index (χ0) is 29.1. The van der Waals surface area contributed by atoms with E-state index in [0.29, 0.717) is 24.1 Å². The van der Waals surface area contributed by atoms with Crippen molar-refractivity contribution in [2.45, 2.75) is 13.3 Å². The molecule has 6 nitrogen and oxygen atoms in total. The molecule has 4 aromatic carbocycles. The van der Waals surface area contributed by atoms with E-state index in [0.717, 1.165) is 49.9 Å². The molecule has 6 heteroatoms. The highest BCUT2D eigenvalue weighted by Crippen LogP contribution is 2.28. The molecule has 0 spiro atoms. The SMILES string of the molecule is CON(CCc1ccc2nc(-c3ccccc3)cc(C(C)=O)c2c1)C(=O)c1cc(-c2ccccc2)nc2ccccc12. The summed E-state index contributed by atoms with van der Waals surface area (Å²) in [6.45, 7) is 1.90. The molecule has 0 aliphatic heterocycles. The van der Waals surface area contributed by atoms with Gasteiger partial charge in [-0.05, 0) is 49.2 Å². The first-order chi connectivity index (χ1) is 20.5. The largest absolute Gasteiger partial charge is 0.294 e. The topological polar surface area (TPSA) is 72.4 Å². The lowest BCUT2D eigenvalue weighted by molar-refractivity contribution is -0.0941. The van der Waals surface area contributed by atoms with Gasteiger partial charge in [-0.15, -0.1) is 0 Å². The molecule has 0 saturated carbocycles. The normalized spacial score (nSPS) is 11.1. The number of carbonyl (C=O) groups is 2. The average Bonchev–Trinajstić information content (AvgIpc) is 3.04. The lowest BCUT2D eigenvalue weighted by Crippen LogP contribution is -2.32. The Labute approximate surface area is 244 Å². The fraction of sp³-hybridized carbons (Fsp3) is 0.111. The number of aromatic nitrogens is 2. The van der Waals surface area contributed by atoms with E-state index in [4.69, 9.17) is 14.8 Å². The third kappa shape index (κ3) is 5.40. The van der Waals surface area contributed by atoms with E-state index in [9.17, 15) is 9.59 Å². The molecule has 0 unspecified atom stereocenters. The van der Waals surface area contributed by atoms with Gasteiger partial charge in [-0.1, -0.05) is 84.9 Å². The molecule has 0 radical (unpaired) electrons. The number of amides is 1. The molecule has 0 saturated heterocycles. The lowest BCUT2D eigenvalue weighted by Gasteiger charge is -2.21. The predicted octanol–water partition coefficient (Wildman–Crippen LogP) is 7.57. The summed E-state index contributed by atoms with van der Waals surface area (Å²) in [7, 11) is 1.50. The summed E-state index contributed by atoms with van der Waals surface area (Å²) in [5, 5.41) is 2.94. The van der Waals surface area contributed by atoms with Gasteiger partial charge in [0.1, 0.15) is 0 Å². The van der Waals surface area contributed by atoms with Crippen LogP contribution in [0.15, 0.2) is 115 Å². The van der Waals surface area contributed by atoms with E-state index in [1.807, 2.05) is 115 Å². The molecule has 2 aromatic heterocycles. The van der Waals surface area contributed by atoms with Crippen LogP contribution in [-0.2, 0) is 11.3 Å². The number of rotatable bonds is 8. The summed E-state index contributed by atoms with van der Waals surface area (Å²) < 4.78 is 0. The van der Waals surface area contributed by atoms with E-state index >= 15 is 0 Å². The monoisotopic (exact) mass is 551 g/mol. The number of ketones is 1. The minimum atomic E-state index is -0.243. The quantitative estimate of drug-likeness (QED) is 0.144. The van der Waals surface area contributed by atoms with E-state index in [1.54, 1.807) is 6.92 Å². The van der Waals surface area contributed by atoms with Crippen LogP contribution in [0.2, 0.25) is 0 Å². The molecular weight excluding hydrogens is 522 g/mol. The Balaban J connectivity index is 1.30. The molecule has 2 heterocycles. The van der Waals surface area contributed by atoms with Crippen molar-refractivity contribution in [3.8, 4) is 22.5 Å². The summed E-state index contributed by atoms with van der Waals surface area (Å²) in [4.78, 5) is 41.7. The Morgan fingerprint density at radius 2 is 1.24 bits per heavy atom. The Hall–Kier alpha value is -5.20. The number of Topliss-reactive ketones (excluding diaryl/α,β-unsaturated/α-hetero) is 1. The summed E-state index contributed by atoms with van der Waals surface area (Å²) in [5.41, 5.74) is 6.99. The van der Waals surface area contributed by atoms with Gasteiger partial charge in [0.25, 0.3) is 5.91 Å². The number of pyridine rings is 2. The first-order valence-electron chi connectivity index (χ1n) is 13.8. The Kier molecular flexibility index (Phi) is 7.54. The molecule has 6 rings (SSSR count). The number of fused-ring (bicyclic) bond motifs is 2. The number of para-hydroxylation sites is 1. The third-order valence-corrected chi connectivity index (χ3v) is 7.39. The minimum Gasteiger partial charge on any atom is -0.294 e. The van der Waals surface area contributed by atoms with E-state index in [-0.39, 0.29) is 11.7 Å². The molecule has 42 heavy (non-hydrogen) atoms. The van der Waals surface area contributed by atoms with Crippen molar-refractivity contribution >= 4 is 33.5 Å². The molecule has 0 atom stereocenters. The van der Waals surface area contributed by atoms with Crippen LogP contribution in [0.5, 0.6) is 0 Å². The first kappa shape index (κ1) is 27.0. The van der Waals surface area contributed by atoms with Gasteiger partial charge in [0.05, 0.1) is 41.6 Å². The van der Waals surface area contributed by atoms with Gasteiger partial charge in [0.15, 0.2) is 5.78 Å². The van der Waals surface area contributed by atoms with Crippen molar-refractivity contribution in [1.82, 2.24) is 15.0 Å². The van der Waals surface area contributed by atoms with Gasteiger partial charge in [-0.25, -0.2) is 15.0 Å². The van der Waals surface area contributed by atoms with Gasteiger partial charge < -0.3 is 0 Å². The highest BCUT2D eigenvalue weighted by Gasteiger charge is 2.21. The Morgan fingerprint density at radius 1 is 0.667 bits per heavy atom. The predicted molar refractivity (Wildman–Crippen MR) is 166 cm³/mol. The van der Waals surface area contributed by atoms with Crippen LogP contribution >= 0.6 is 0 Å². The Morgan fingerprint density at radius 3 is 1.86 bits per heavy atom. The van der Waals surface area contributed by atoms with Gasteiger partial charge in [-0.2, -0.15) is 0 Å². The van der Waals surface area contributed by atoms with Crippen LogP contribution in [0.25, 0.3) is 44.3 Å². The van der Waals surface area contributed by atoms with E-state index in [1.165, 1.54) is 12.2 Å². The molecule has 0 bridgehead atoms. The average molecular weight is 552 g/mol. The van der Waals surface area contributed by atoms with Crippen LogP contribution in [-0.4, -0.2) is 40.4 Å². The van der Waals surface area contributed by atoms with Crippen molar-refractivity contribution in [3.63, 3.8) is 0 Å². The van der Waals surface area contributed by atoms with Gasteiger partial charge in [0, 0.05) is 27.5 Å². The number of hydrogen-bond acceptors (Lipinski definition) is 5. The number of benzene rings is 4. The number of hydrogen-bond donors (Lipinski definition) is 0. The standard InChI is InChI=1S/C36H29N3O3/c1-24(40)29-22-34(26-11-5-3-6-12-26)38-33-18-17-25(21-30(29)33)19-20-39(42-2)36(41)31-23-35(27-13-7-4-8-14-27)37-32-16-10-9-15-28(31)32/h3-18,21-23H,19-20H2,1-2H3. The number of carbonyl (C=O) groups excluding carboxylic acids is 2. The molecule has 0 aliphatic rings. The number of hydroxylamine groups is 2. The van der Waals surface area contributed by atoms with Crippen LogP contribution in [0.4, 0.5) is 0 Å². The van der Waals surface area contributed by atoms with Gasteiger partial charge in [0.2, 0.25) is 0 Å². The van der Waals surface area contributed by atoms with E-state index in [2.05, 4.69) is 0 Å². The van der Waals surface area contributed by atoms with Crippen LogP contribution in [0.1, 0.15) is 33.2 Å². The summed E-state index contributed by atoms with van der Waals surface area (Å²) in [5.74, 6) is -0.267. The highest BCUT2D eigenvalue weighted by molar-refractivity contribution is 6.08. The Bertz CT molecular complexity index is 1920. The maximum atomic E-state index is 13.8. The second-order valence-corrected chi connectivity index (χ2v) is 10.1. The summed E-state index contributed by atoms with van der Waals surface area (Å²) in [6.07, 6.45) is 0.530. The summed E-state index contributed by atoms with van der Waals surface area (Å²) >= 11 is 0. The molecule has 0 N–H and O–H groups in total. The zero-order valence-electron chi connectivity index (χ0n) is 23.5. The van der Waals surface area contributed by atoms with Gasteiger partial charge in [-0.3, -0.25) is 14.4 Å². The molecule has 0 fully saturated rings. The summed E-state index contributed by atoms with van der Waals surface area (Å²) in [6, 6.07) is 36.9. The van der Waals surface area contributed by atoms with Crippen molar-refractivity contribution in [2.24, 2.45) is 0 Å². The fourth-order valence-corrected chi connectivity index (χ4v) is 5.23. The number of nitrogens with zero attached hydrogens (tertiary/aromatic N) is 3. The molecule has 206 valence electrons. The zero-order valence-corrected chi connectivity index (χ0v) is 23.5. The van der Waals surface area contributed by atoms with Crippen molar-refractivity contribution in [2.75, 3.05) is 13.7 Å². The van der Waals surface area contributed by atoms with Gasteiger partial charge >= 0.3 is 0 Å². The first-order valence-corrected chi connectivity index (χ1v) is 13.8. The molecule has 1 amide bonds. The maximum Gasteiger partial charge on any atom is 0.278 e. The minimum absolute atomic E-state index is 0.0239. The van der Waals surface area contributed by atoms with E-state index < -0.39 is 0 Å². The lowest BCUT2D eigenvalue weighted by atomic mass is 9.99. The fourth-order valence-electron chi connectivity index (χ4n) is 5.23. The van der Waals surface area contributed by atoms with Crippen molar-refractivity contribution in [3.05, 3.63) is 132 Å². The van der Waals surface area contributed by atoms with Crippen molar-refractivity contribution < 1.29 is 14.4 Å². The maximum absolute atomic E-state index is 13.8. The second-order valence-electron chi connectivity index (χ2n) is 10.1. The molecule has 6 aromatic rings. The third-order valence-electron chi connectivity index (χ3n) is 7.39. The molecule has 0 aliphatic carbocycles. The van der Waals surface area contributed by atoms with Crippen LogP contribution in [0.3, 0.4) is 0 Å². The highest BCUT2D eigenvalue weighted by atomic mass is 16.7. The van der Waals surface area contributed by atoms with Crippen molar-refractivity contribution in [1.29, 1.82) is 0 Å². The second kappa shape index (κ2) is 11.7. The van der Waals surface area contributed by atoms with Crippen LogP contribution < -0.4 is 0 Å².